The zero-order valence-corrected chi connectivity index (χ0v) is 16.6. The molecule has 1 atom stereocenters. The van der Waals surface area contributed by atoms with Gasteiger partial charge in [-0.15, -0.1) is 0 Å². The van der Waals surface area contributed by atoms with Crippen LogP contribution < -0.4 is 9.47 Å². The summed E-state index contributed by atoms with van der Waals surface area (Å²) in [7, 11) is 1.38. The van der Waals surface area contributed by atoms with E-state index in [1.54, 1.807) is 24.3 Å². The number of aliphatic carboxylic acids is 1. The molecule has 0 spiro atoms. The number of hydrogen-bond acceptors (Lipinski definition) is 4. The van der Waals surface area contributed by atoms with Gasteiger partial charge in [-0.25, -0.2) is 4.79 Å². The summed E-state index contributed by atoms with van der Waals surface area (Å²) in [5.41, 5.74) is 3.12. The Labute approximate surface area is 175 Å². The van der Waals surface area contributed by atoms with Crippen LogP contribution in [0.1, 0.15) is 5.56 Å². The van der Waals surface area contributed by atoms with Crippen molar-refractivity contribution in [1.82, 2.24) is 0 Å². The van der Waals surface area contributed by atoms with Crippen LogP contribution in [0, 0.1) is 12.0 Å². The van der Waals surface area contributed by atoms with Gasteiger partial charge < -0.3 is 19.3 Å². The first kappa shape index (κ1) is 21.0. The van der Waals surface area contributed by atoms with E-state index in [0.717, 1.165) is 22.4 Å². The van der Waals surface area contributed by atoms with Gasteiger partial charge in [0, 0.05) is 13.5 Å². The Morgan fingerprint density at radius 3 is 2.17 bits per heavy atom. The average molecular weight is 402 g/mol. The first-order chi connectivity index (χ1) is 14.7. The number of carbonyl (C=O) groups is 1. The lowest BCUT2D eigenvalue weighted by atomic mass is 10.1. The summed E-state index contributed by atoms with van der Waals surface area (Å²) in [5, 5.41) is 9.02. The molecule has 30 heavy (non-hydrogen) atoms. The molecule has 0 bridgehead atoms. The average Bonchev–Trinajstić information content (AvgIpc) is 2.79. The van der Waals surface area contributed by atoms with Gasteiger partial charge in [0.15, 0.2) is 12.7 Å². The van der Waals surface area contributed by atoms with Crippen LogP contribution >= 0.6 is 0 Å². The van der Waals surface area contributed by atoms with Crippen molar-refractivity contribution in [3.8, 4) is 34.7 Å². The van der Waals surface area contributed by atoms with E-state index < -0.39 is 12.1 Å². The molecule has 0 aliphatic carbocycles. The number of carboxylic acids is 1. The van der Waals surface area contributed by atoms with E-state index in [9.17, 15) is 4.79 Å². The largest absolute Gasteiger partial charge is 0.481 e. The molecule has 0 aromatic heterocycles. The van der Waals surface area contributed by atoms with Crippen LogP contribution in [0.15, 0.2) is 78.9 Å². The lowest BCUT2D eigenvalue weighted by molar-refractivity contribution is -0.148. The van der Waals surface area contributed by atoms with Crippen LogP contribution in [-0.4, -0.2) is 30.9 Å². The molecule has 0 saturated carbocycles. The van der Waals surface area contributed by atoms with E-state index in [1.165, 1.54) is 7.11 Å². The second kappa shape index (κ2) is 10.7. The van der Waals surface area contributed by atoms with Crippen LogP contribution in [0.5, 0.6) is 11.5 Å². The minimum Gasteiger partial charge on any atom is -0.481 e. The van der Waals surface area contributed by atoms with E-state index in [-0.39, 0.29) is 13.0 Å². The molecule has 3 aromatic carbocycles. The standard InChI is InChI=1S/C25H22O5/c1-28-24(25(26)27)18-19-8-12-22(13-9-19)29-16-5-17-30-23-14-10-21(11-15-23)20-6-3-2-4-7-20/h2-4,6-15,24H,17-18H2,1H3,(H,26,27)/t24-/m0/s1. The van der Waals surface area contributed by atoms with Gasteiger partial charge in [-0.3, -0.25) is 0 Å². The maximum atomic E-state index is 11.0. The Kier molecular flexibility index (Phi) is 7.48. The molecule has 152 valence electrons. The summed E-state index contributed by atoms with van der Waals surface area (Å²) in [6.07, 6.45) is 2.03. The van der Waals surface area contributed by atoms with Crippen molar-refractivity contribution in [3.05, 3.63) is 84.4 Å². The number of ether oxygens (including phenoxy) is 3. The second-order valence-electron chi connectivity index (χ2n) is 6.47. The number of benzene rings is 3. The molecule has 5 heteroatoms. The summed E-state index contributed by atoms with van der Waals surface area (Å²) in [4.78, 5) is 11.0. The molecule has 0 radical (unpaired) electrons. The smallest absolute Gasteiger partial charge is 0.333 e. The van der Waals surface area contributed by atoms with E-state index >= 15 is 0 Å². The highest BCUT2D eigenvalue weighted by molar-refractivity contribution is 5.72. The summed E-state index contributed by atoms with van der Waals surface area (Å²) in [5.74, 6) is 3.13. The maximum Gasteiger partial charge on any atom is 0.333 e. The minimum absolute atomic E-state index is 0.205. The minimum atomic E-state index is -0.988. The SMILES string of the molecule is CO[C@@H](Cc1ccc(OC#CCOc2ccc(-c3ccccc3)cc2)cc1)C(=O)O. The van der Waals surface area contributed by atoms with Gasteiger partial charge in [-0.1, -0.05) is 54.6 Å². The lowest BCUT2D eigenvalue weighted by Crippen LogP contribution is -2.24. The molecule has 1 N–H and O–H groups in total. The Balaban J connectivity index is 1.45. The third-order valence-electron chi connectivity index (χ3n) is 4.42. The summed E-state index contributed by atoms with van der Waals surface area (Å²) in [6.45, 7) is 0.205. The van der Waals surface area contributed by atoms with Crippen LogP contribution in [0.3, 0.4) is 0 Å². The van der Waals surface area contributed by atoms with Crippen molar-refractivity contribution < 1.29 is 24.1 Å². The van der Waals surface area contributed by atoms with Gasteiger partial charge in [0.05, 0.1) is 0 Å². The molecular formula is C25H22O5. The predicted octanol–water partition coefficient (Wildman–Crippen LogP) is 4.41. The summed E-state index contributed by atoms with van der Waals surface area (Å²) >= 11 is 0. The topological polar surface area (TPSA) is 65.0 Å². The fourth-order valence-electron chi connectivity index (χ4n) is 2.80. The third-order valence-corrected chi connectivity index (χ3v) is 4.42. The highest BCUT2D eigenvalue weighted by Crippen LogP contribution is 2.22. The van der Waals surface area contributed by atoms with Crippen molar-refractivity contribution in [1.29, 1.82) is 0 Å². The van der Waals surface area contributed by atoms with E-state index in [1.807, 2.05) is 42.5 Å². The van der Waals surface area contributed by atoms with Gasteiger partial charge >= 0.3 is 5.97 Å². The molecule has 5 nitrogen and oxygen atoms in total. The van der Waals surface area contributed by atoms with Crippen LogP contribution in [0.4, 0.5) is 0 Å². The van der Waals surface area contributed by atoms with Gasteiger partial charge in [-0.2, -0.15) is 0 Å². The highest BCUT2D eigenvalue weighted by Gasteiger charge is 2.16. The molecule has 0 unspecified atom stereocenters. The fourth-order valence-corrected chi connectivity index (χ4v) is 2.80. The Bertz CT molecular complexity index is 999. The second-order valence-corrected chi connectivity index (χ2v) is 6.47. The third kappa shape index (κ3) is 6.13. The molecular weight excluding hydrogens is 380 g/mol. The summed E-state index contributed by atoms with van der Waals surface area (Å²) < 4.78 is 15.9. The summed E-state index contributed by atoms with van der Waals surface area (Å²) in [6, 6.07) is 25.0. The van der Waals surface area contributed by atoms with Crippen molar-refractivity contribution in [2.75, 3.05) is 13.7 Å². The first-order valence-corrected chi connectivity index (χ1v) is 9.43. The molecule has 0 heterocycles. The molecule has 3 aromatic rings. The Morgan fingerprint density at radius 1 is 0.900 bits per heavy atom. The van der Waals surface area contributed by atoms with Gasteiger partial charge in [0.1, 0.15) is 17.6 Å². The molecule has 0 aliphatic rings. The monoisotopic (exact) mass is 402 g/mol. The van der Waals surface area contributed by atoms with Crippen LogP contribution in [-0.2, 0) is 16.0 Å². The Morgan fingerprint density at radius 2 is 1.53 bits per heavy atom. The first-order valence-electron chi connectivity index (χ1n) is 9.43. The number of hydrogen-bond donors (Lipinski definition) is 1. The number of rotatable bonds is 8. The van der Waals surface area contributed by atoms with Crippen molar-refractivity contribution in [2.24, 2.45) is 0 Å². The van der Waals surface area contributed by atoms with Crippen LogP contribution in [0.25, 0.3) is 11.1 Å². The number of methoxy groups -OCH3 is 1. The van der Waals surface area contributed by atoms with Gasteiger partial charge in [0.2, 0.25) is 0 Å². The van der Waals surface area contributed by atoms with Gasteiger partial charge in [-0.05, 0) is 46.9 Å². The van der Waals surface area contributed by atoms with E-state index in [4.69, 9.17) is 19.3 Å². The zero-order chi connectivity index (χ0) is 21.2. The maximum absolute atomic E-state index is 11.0. The number of carboxylic acid groups (broad SMARTS) is 1. The van der Waals surface area contributed by atoms with Crippen molar-refractivity contribution >= 4 is 5.97 Å². The molecule has 0 amide bonds. The van der Waals surface area contributed by atoms with Gasteiger partial charge in [0.25, 0.3) is 0 Å². The molecule has 0 aliphatic heterocycles. The quantitative estimate of drug-likeness (QED) is 0.565. The Hall–Kier alpha value is -3.75. The molecule has 0 fully saturated rings. The normalized spacial score (nSPS) is 11.1. The molecule has 3 rings (SSSR count). The van der Waals surface area contributed by atoms with Crippen molar-refractivity contribution in [3.63, 3.8) is 0 Å². The van der Waals surface area contributed by atoms with Crippen LogP contribution in [0.2, 0.25) is 0 Å². The molecule has 0 saturated heterocycles. The van der Waals surface area contributed by atoms with E-state index in [0.29, 0.717) is 5.75 Å². The fraction of sp³-hybridized carbons (Fsp3) is 0.160. The lowest BCUT2D eigenvalue weighted by Gasteiger charge is -2.10. The zero-order valence-electron chi connectivity index (χ0n) is 16.6. The predicted molar refractivity (Wildman–Crippen MR) is 114 cm³/mol. The highest BCUT2D eigenvalue weighted by atomic mass is 16.5. The van der Waals surface area contributed by atoms with Crippen molar-refractivity contribution in [2.45, 2.75) is 12.5 Å². The van der Waals surface area contributed by atoms with E-state index in [2.05, 4.69) is 24.2 Å².